The third-order valence-corrected chi connectivity index (χ3v) is 5.46. The van der Waals surface area contributed by atoms with E-state index in [0.717, 1.165) is 6.42 Å². The second-order valence-electron chi connectivity index (χ2n) is 7.88. The van der Waals surface area contributed by atoms with E-state index < -0.39 is 5.97 Å². The lowest BCUT2D eigenvalue weighted by Crippen LogP contribution is -2.55. The van der Waals surface area contributed by atoms with Crippen molar-refractivity contribution in [3.63, 3.8) is 0 Å². The fraction of sp³-hybridized carbons (Fsp3) is 0.458. The minimum Gasteiger partial charge on any atom is -0.462 e. The van der Waals surface area contributed by atoms with Crippen LogP contribution in [0.3, 0.4) is 0 Å². The van der Waals surface area contributed by atoms with Crippen LogP contribution < -0.4 is 0 Å². The van der Waals surface area contributed by atoms with Gasteiger partial charge in [0.25, 0.3) is 11.8 Å². The fourth-order valence-corrected chi connectivity index (χ4v) is 3.96. The summed E-state index contributed by atoms with van der Waals surface area (Å²) in [7, 11) is 0. The van der Waals surface area contributed by atoms with Crippen LogP contribution in [0.1, 0.15) is 69.9 Å². The molecule has 1 aliphatic heterocycles. The third-order valence-electron chi connectivity index (χ3n) is 5.46. The van der Waals surface area contributed by atoms with Crippen LogP contribution in [0.25, 0.3) is 0 Å². The van der Waals surface area contributed by atoms with Crippen molar-refractivity contribution in [2.45, 2.75) is 46.6 Å². The molecule has 1 saturated heterocycles. The summed E-state index contributed by atoms with van der Waals surface area (Å²) < 4.78 is 5.21. The van der Waals surface area contributed by atoms with Crippen LogP contribution in [0.2, 0.25) is 0 Å². The Morgan fingerprint density at radius 3 is 2.41 bits per heavy atom. The normalized spacial score (nSPS) is 16.1. The summed E-state index contributed by atoms with van der Waals surface area (Å²) in [5, 5.41) is 0. The van der Waals surface area contributed by atoms with Gasteiger partial charge in [0.1, 0.15) is 17.1 Å². The number of aromatic nitrogens is 2. The number of carbonyl (C=O) groups is 3. The molecule has 8 heteroatoms. The zero-order valence-corrected chi connectivity index (χ0v) is 19.1. The first-order valence-electron chi connectivity index (χ1n) is 11.1. The second-order valence-corrected chi connectivity index (χ2v) is 7.88. The Hall–Kier alpha value is -3.29. The quantitative estimate of drug-likeness (QED) is 0.644. The summed E-state index contributed by atoms with van der Waals surface area (Å²) in [5.41, 5.74) is 1.39. The Balaban J connectivity index is 1.85. The molecule has 0 saturated carbocycles. The van der Waals surface area contributed by atoms with Gasteiger partial charge < -0.3 is 14.5 Å². The van der Waals surface area contributed by atoms with Gasteiger partial charge >= 0.3 is 5.97 Å². The number of piperazine rings is 1. The molecule has 32 heavy (non-hydrogen) atoms. The van der Waals surface area contributed by atoms with Gasteiger partial charge in [-0.2, -0.15) is 0 Å². The van der Waals surface area contributed by atoms with Crippen molar-refractivity contribution < 1.29 is 19.1 Å². The molecule has 1 aromatic heterocycles. The standard InChI is InChI=1S/C24H30N4O4/c1-5-10-19-20(24(31)32-6-2)21(26-17(4)25-19)23(30)27-13-14-28(16(3)15-27)22(29)18-11-8-7-9-12-18/h7-9,11-12,16H,5-6,10,13-15H2,1-4H3. The zero-order chi connectivity index (χ0) is 23.3. The maximum Gasteiger partial charge on any atom is 0.342 e. The van der Waals surface area contributed by atoms with Gasteiger partial charge in [-0.1, -0.05) is 31.5 Å². The van der Waals surface area contributed by atoms with Crippen LogP contribution in [0, 0.1) is 6.92 Å². The van der Waals surface area contributed by atoms with Crippen molar-refractivity contribution in [3.05, 3.63) is 58.7 Å². The largest absolute Gasteiger partial charge is 0.462 e. The SMILES string of the molecule is CCCc1nc(C)nc(C(=O)N2CCN(C(=O)c3ccccc3)C(C)C2)c1C(=O)OCC. The van der Waals surface area contributed by atoms with Gasteiger partial charge in [-0.15, -0.1) is 0 Å². The van der Waals surface area contributed by atoms with Gasteiger partial charge in [0, 0.05) is 31.2 Å². The topological polar surface area (TPSA) is 92.7 Å². The summed E-state index contributed by atoms with van der Waals surface area (Å²) in [6, 6.07) is 8.94. The number of hydrogen-bond donors (Lipinski definition) is 0. The van der Waals surface area contributed by atoms with Gasteiger partial charge in [0.05, 0.1) is 12.3 Å². The van der Waals surface area contributed by atoms with E-state index in [-0.39, 0.29) is 35.7 Å². The van der Waals surface area contributed by atoms with E-state index in [1.54, 1.807) is 35.8 Å². The van der Waals surface area contributed by atoms with E-state index >= 15 is 0 Å². The molecule has 1 aromatic carbocycles. The number of rotatable bonds is 6. The molecule has 0 N–H and O–H groups in total. The number of nitrogens with zero attached hydrogens (tertiary/aromatic N) is 4. The number of aryl methyl sites for hydroxylation is 2. The molecular formula is C24H30N4O4. The molecular weight excluding hydrogens is 408 g/mol. The number of esters is 1. The van der Waals surface area contributed by atoms with E-state index in [1.165, 1.54) is 0 Å². The zero-order valence-electron chi connectivity index (χ0n) is 19.1. The predicted molar refractivity (Wildman–Crippen MR) is 120 cm³/mol. The molecule has 0 bridgehead atoms. The summed E-state index contributed by atoms with van der Waals surface area (Å²) >= 11 is 0. The minimum absolute atomic E-state index is 0.0551. The molecule has 1 aliphatic rings. The van der Waals surface area contributed by atoms with Crippen molar-refractivity contribution in [2.75, 3.05) is 26.2 Å². The monoisotopic (exact) mass is 438 g/mol. The lowest BCUT2D eigenvalue weighted by atomic mass is 10.0. The fourth-order valence-electron chi connectivity index (χ4n) is 3.96. The van der Waals surface area contributed by atoms with Crippen molar-refractivity contribution in [2.24, 2.45) is 0 Å². The highest BCUT2D eigenvalue weighted by Gasteiger charge is 2.34. The van der Waals surface area contributed by atoms with Crippen LogP contribution in [0.4, 0.5) is 0 Å². The maximum absolute atomic E-state index is 13.5. The Morgan fingerprint density at radius 2 is 1.78 bits per heavy atom. The molecule has 2 heterocycles. The lowest BCUT2D eigenvalue weighted by Gasteiger charge is -2.40. The first-order chi connectivity index (χ1) is 15.4. The molecule has 170 valence electrons. The number of carbonyl (C=O) groups excluding carboxylic acids is 3. The maximum atomic E-state index is 13.5. The summed E-state index contributed by atoms with van der Waals surface area (Å²) in [5.74, 6) is -0.531. The van der Waals surface area contributed by atoms with Crippen LogP contribution in [-0.4, -0.2) is 69.8 Å². The molecule has 0 radical (unpaired) electrons. The van der Waals surface area contributed by atoms with Gasteiger partial charge in [0.2, 0.25) is 0 Å². The number of hydrogen-bond acceptors (Lipinski definition) is 6. The van der Waals surface area contributed by atoms with E-state index in [0.29, 0.717) is 43.1 Å². The van der Waals surface area contributed by atoms with E-state index in [1.807, 2.05) is 32.0 Å². The molecule has 1 fully saturated rings. The molecule has 3 rings (SSSR count). The minimum atomic E-state index is -0.578. The highest BCUT2D eigenvalue weighted by atomic mass is 16.5. The molecule has 1 unspecified atom stereocenters. The predicted octanol–water partition coefficient (Wildman–Crippen LogP) is 2.90. The van der Waals surface area contributed by atoms with Crippen LogP contribution in [0.15, 0.2) is 30.3 Å². The van der Waals surface area contributed by atoms with Crippen LogP contribution >= 0.6 is 0 Å². The Kier molecular flexibility index (Phi) is 7.56. The van der Waals surface area contributed by atoms with Gasteiger partial charge in [-0.05, 0) is 39.3 Å². The van der Waals surface area contributed by atoms with Gasteiger partial charge in [-0.3, -0.25) is 9.59 Å². The Bertz CT molecular complexity index is 993. The van der Waals surface area contributed by atoms with Crippen molar-refractivity contribution in [1.82, 2.24) is 19.8 Å². The lowest BCUT2D eigenvalue weighted by molar-refractivity contribution is 0.0405. The van der Waals surface area contributed by atoms with Crippen molar-refractivity contribution >= 4 is 17.8 Å². The average molecular weight is 439 g/mol. The summed E-state index contributed by atoms with van der Waals surface area (Å²) in [4.78, 5) is 51.2. The number of amides is 2. The molecule has 0 aliphatic carbocycles. The Labute approximate surface area is 188 Å². The molecule has 8 nitrogen and oxygen atoms in total. The van der Waals surface area contributed by atoms with Gasteiger partial charge in [-0.25, -0.2) is 14.8 Å². The van der Waals surface area contributed by atoms with Crippen LogP contribution in [-0.2, 0) is 11.2 Å². The van der Waals surface area contributed by atoms with E-state index in [9.17, 15) is 14.4 Å². The number of benzene rings is 1. The second kappa shape index (κ2) is 10.3. The summed E-state index contributed by atoms with van der Waals surface area (Å²) in [6.07, 6.45) is 1.32. The van der Waals surface area contributed by atoms with Crippen molar-refractivity contribution in [1.29, 1.82) is 0 Å². The van der Waals surface area contributed by atoms with Crippen LogP contribution in [0.5, 0.6) is 0 Å². The molecule has 2 aromatic rings. The molecule has 0 spiro atoms. The first-order valence-corrected chi connectivity index (χ1v) is 11.1. The Morgan fingerprint density at radius 1 is 1.06 bits per heavy atom. The average Bonchev–Trinajstić information content (AvgIpc) is 2.78. The molecule has 1 atom stereocenters. The first kappa shape index (κ1) is 23.4. The highest BCUT2D eigenvalue weighted by molar-refractivity contribution is 6.04. The van der Waals surface area contributed by atoms with E-state index in [2.05, 4.69) is 9.97 Å². The smallest absolute Gasteiger partial charge is 0.342 e. The van der Waals surface area contributed by atoms with E-state index in [4.69, 9.17) is 4.74 Å². The van der Waals surface area contributed by atoms with Gasteiger partial charge in [0.15, 0.2) is 0 Å². The third kappa shape index (κ3) is 4.95. The van der Waals surface area contributed by atoms with Crippen molar-refractivity contribution in [3.8, 4) is 0 Å². The summed E-state index contributed by atoms with van der Waals surface area (Å²) in [6.45, 7) is 8.65. The molecule has 2 amide bonds. The highest BCUT2D eigenvalue weighted by Crippen LogP contribution is 2.20. The number of ether oxygens (including phenoxy) is 1.